The van der Waals surface area contributed by atoms with Gasteiger partial charge in [0.05, 0.1) is 6.10 Å². The first-order chi connectivity index (χ1) is 7.84. The van der Waals surface area contributed by atoms with Crippen molar-refractivity contribution in [2.75, 3.05) is 6.54 Å². The highest BCUT2D eigenvalue weighted by atomic mass is 16.5. The summed E-state index contributed by atoms with van der Waals surface area (Å²) in [5, 5.41) is 22.7. The van der Waals surface area contributed by atoms with Crippen molar-refractivity contribution in [3.8, 4) is 0 Å². The lowest BCUT2D eigenvalue weighted by Gasteiger charge is -2.17. The molecule has 0 radical (unpaired) electrons. The second kappa shape index (κ2) is 5.91. The van der Waals surface area contributed by atoms with Crippen LogP contribution >= 0.6 is 0 Å². The minimum Gasteiger partial charge on any atom is -0.388 e. The van der Waals surface area contributed by atoms with Crippen LogP contribution in [0.4, 0.5) is 0 Å². The van der Waals surface area contributed by atoms with E-state index in [4.69, 9.17) is 4.74 Å². The summed E-state index contributed by atoms with van der Waals surface area (Å²) in [6.45, 7) is 7.90. The first-order valence-corrected chi connectivity index (χ1v) is 6.13. The molecule has 17 heavy (non-hydrogen) atoms. The van der Waals surface area contributed by atoms with Crippen molar-refractivity contribution >= 4 is 5.78 Å². The molecule has 0 amide bonds. The van der Waals surface area contributed by atoms with Crippen molar-refractivity contribution in [1.29, 1.82) is 0 Å². The normalized spacial score (nSPS) is 33.6. The average molecular weight is 245 g/mol. The lowest BCUT2D eigenvalue weighted by molar-refractivity contribution is -0.136. The summed E-state index contributed by atoms with van der Waals surface area (Å²) in [5.74, 6) is -0.373. The molecule has 0 saturated carbocycles. The highest BCUT2D eigenvalue weighted by molar-refractivity contribution is 5.85. The standard InChI is InChI=1S/C12H23NO4/c1-6(2)9(14)12-11(16)10(15)8(17-12)5-13-7(3)4/h6-8,10-13,15-16H,5H2,1-4H3/t8-,10?,11?,12+/m1/s1. The predicted molar refractivity (Wildman–Crippen MR) is 63.7 cm³/mol. The maximum absolute atomic E-state index is 11.8. The first kappa shape index (κ1) is 14.6. The number of hydrogen-bond donors (Lipinski definition) is 3. The van der Waals surface area contributed by atoms with Gasteiger partial charge in [-0.05, 0) is 0 Å². The summed E-state index contributed by atoms with van der Waals surface area (Å²) in [7, 11) is 0. The van der Waals surface area contributed by atoms with Gasteiger partial charge in [0.25, 0.3) is 0 Å². The third-order valence-corrected chi connectivity index (χ3v) is 2.94. The van der Waals surface area contributed by atoms with Crippen LogP contribution in [-0.4, -0.2) is 53.0 Å². The molecule has 4 atom stereocenters. The summed E-state index contributed by atoms with van der Waals surface area (Å²) in [4.78, 5) is 11.8. The van der Waals surface area contributed by atoms with Gasteiger partial charge in [-0.1, -0.05) is 27.7 Å². The van der Waals surface area contributed by atoms with Crippen LogP contribution in [0, 0.1) is 5.92 Å². The monoisotopic (exact) mass is 245 g/mol. The van der Waals surface area contributed by atoms with Gasteiger partial charge in [0.1, 0.15) is 18.3 Å². The molecule has 0 spiro atoms. The predicted octanol–water partition coefficient (Wildman–Crippen LogP) is -0.301. The number of ether oxygens (including phenoxy) is 1. The Bertz CT molecular complexity index is 267. The molecule has 0 aromatic heterocycles. The van der Waals surface area contributed by atoms with Crippen LogP contribution in [0.1, 0.15) is 27.7 Å². The van der Waals surface area contributed by atoms with Gasteiger partial charge < -0.3 is 20.3 Å². The van der Waals surface area contributed by atoms with E-state index in [1.54, 1.807) is 13.8 Å². The topological polar surface area (TPSA) is 78.8 Å². The first-order valence-electron chi connectivity index (χ1n) is 6.13. The molecule has 5 heteroatoms. The SMILES string of the molecule is CC(C)NC[C@H]1O[C@@H](C(=O)C(C)C)C(O)C1O. The smallest absolute Gasteiger partial charge is 0.166 e. The minimum atomic E-state index is -1.12. The fourth-order valence-electron chi connectivity index (χ4n) is 1.83. The van der Waals surface area contributed by atoms with Gasteiger partial charge in [-0.25, -0.2) is 0 Å². The lowest BCUT2D eigenvalue weighted by Crippen LogP contribution is -2.40. The number of nitrogens with one attached hydrogen (secondary N) is 1. The molecule has 1 heterocycles. The molecule has 1 aliphatic heterocycles. The van der Waals surface area contributed by atoms with Crippen LogP contribution in [0.15, 0.2) is 0 Å². The van der Waals surface area contributed by atoms with Gasteiger partial charge >= 0.3 is 0 Å². The second-order valence-electron chi connectivity index (χ2n) is 5.20. The number of aliphatic hydroxyl groups excluding tert-OH is 2. The number of aliphatic hydroxyl groups is 2. The van der Waals surface area contributed by atoms with E-state index >= 15 is 0 Å². The summed E-state index contributed by atoms with van der Waals surface area (Å²) < 4.78 is 5.45. The van der Waals surface area contributed by atoms with Gasteiger partial charge in [-0.2, -0.15) is 0 Å². The van der Waals surface area contributed by atoms with Crippen LogP contribution in [0.2, 0.25) is 0 Å². The molecule has 1 saturated heterocycles. The molecule has 3 N–H and O–H groups in total. The zero-order chi connectivity index (χ0) is 13.2. The van der Waals surface area contributed by atoms with E-state index in [0.29, 0.717) is 6.54 Å². The van der Waals surface area contributed by atoms with E-state index in [2.05, 4.69) is 5.32 Å². The van der Waals surface area contributed by atoms with Gasteiger partial charge in [-0.15, -0.1) is 0 Å². The number of Topliss-reactive ketones (excluding diaryl/α,β-unsaturated/α-hetero) is 1. The van der Waals surface area contributed by atoms with Crippen LogP contribution in [0.5, 0.6) is 0 Å². The van der Waals surface area contributed by atoms with Crippen LogP contribution < -0.4 is 5.32 Å². The minimum absolute atomic E-state index is 0.163. The number of carbonyl (C=O) groups is 1. The van der Waals surface area contributed by atoms with E-state index in [1.807, 2.05) is 13.8 Å². The van der Waals surface area contributed by atoms with E-state index in [-0.39, 0.29) is 17.7 Å². The average Bonchev–Trinajstić information content (AvgIpc) is 2.52. The maximum atomic E-state index is 11.8. The largest absolute Gasteiger partial charge is 0.388 e. The summed E-state index contributed by atoms with van der Waals surface area (Å²) >= 11 is 0. The highest BCUT2D eigenvalue weighted by Crippen LogP contribution is 2.23. The Morgan fingerprint density at radius 3 is 2.29 bits per heavy atom. The summed E-state index contributed by atoms with van der Waals surface area (Å²) in [5.41, 5.74) is 0. The van der Waals surface area contributed by atoms with Crippen LogP contribution in [-0.2, 0) is 9.53 Å². The van der Waals surface area contributed by atoms with E-state index in [0.717, 1.165) is 0 Å². The zero-order valence-corrected chi connectivity index (χ0v) is 10.9. The molecule has 1 rings (SSSR count). The zero-order valence-electron chi connectivity index (χ0n) is 10.9. The molecular formula is C12H23NO4. The third kappa shape index (κ3) is 3.48. The number of carbonyl (C=O) groups excluding carboxylic acids is 1. The Labute approximate surface area is 102 Å². The summed E-state index contributed by atoms with van der Waals surface area (Å²) in [6.07, 6.45) is -3.55. The molecule has 0 aromatic carbocycles. The second-order valence-corrected chi connectivity index (χ2v) is 5.20. The fraction of sp³-hybridized carbons (Fsp3) is 0.917. The van der Waals surface area contributed by atoms with E-state index in [1.165, 1.54) is 0 Å². The highest BCUT2D eigenvalue weighted by Gasteiger charge is 2.46. The quantitative estimate of drug-likeness (QED) is 0.620. The van der Waals surface area contributed by atoms with Crippen molar-refractivity contribution in [2.24, 2.45) is 5.92 Å². The Balaban J connectivity index is 2.59. The van der Waals surface area contributed by atoms with Crippen molar-refractivity contribution in [2.45, 2.75) is 58.2 Å². The van der Waals surface area contributed by atoms with Crippen molar-refractivity contribution in [3.63, 3.8) is 0 Å². The van der Waals surface area contributed by atoms with Crippen molar-refractivity contribution in [1.82, 2.24) is 5.32 Å². The number of ketones is 1. The molecule has 0 aromatic rings. The molecule has 0 bridgehead atoms. The Hall–Kier alpha value is -0.490. The Morgan fingerprint density at radius 1 is 1.24 bits per heavy atom. The number of rotatable bonds is 5. The molecule has 1 fully saturated rings. The van der Waals surface area contributed by atoms with E-state index < -0.39 is 24.4 Å². The maximum Gasteiger partial charge on any atom is 0.166 e. The number of hydrogen-bond acceptors (Lipinski definition) is 5. The van der Waals surface area contributed by atoms with Crippen molar-refractivity contribution in [3.05, 3.63) is 0 Å². The van der Waals surface area contributed by atoms with Crippen LogP contribution in [0.25, 0.3) is 0 Å². The van der Waals surface area contributed by atoms with Gasteiger partial charge in [0, 0.05) is 18.5 Å². The molecule has 100 valence electrons. The molecule has 1 aliphatic rings. The van der Waals surface area contributed by atoms with E-state index in [9.17, 15) is 15.0 Å². The lowest BCUT2D eigenvalue weighted by atomic mass is 9.98. The van der Waals surface area contributed by atoms with Gasteiger partial charge in [-0.3, -0.25) is 4.79 Å². The molecular weight excluding hydrogens is 222 g/mol. The van der Waals surface area contributed by atoms with Gasteiger partial charge in [0.2, 0.25) is 0 Å². The molecule has 0 aliphatic carbocycles. The third-order valence-electron chi connectivity index (χ3n) is 2.94. The Morgan fingerprint density at radius 2 is 1.82 bits per heavy atom. The molecule has 2 unspecified atom stereocenters. The summed E-state index contributed by atoms with van der Waals surface area (Å²) in [6, 6.07) is 0.266. The van der Waals surface area contributed by atoms with Crippen molar-refractivity contribution < 1.29 is 19.7 Å². The van der Waals surface area contributed by atoms with Crippen LogP contribution in [0.3, 0.4) is 0 Å². The molecule has 5 nitrogen and oxygen atoms in total. The Kier molecular flexibility index (Phi) is 5.06. The fourth-order valence-corrected chi connectivity index (χ4v) is 1.83. The van der Waals surface area contributed by atoms with Gasteiger partial charge in [0.15, 0.2) is 5.78 Å².